The summed E-state index contributed by atoms with van der Waals surface area (Å²) in [5, 5.41) is 0. The first kappa shape index (κ1) is 14.4. The number of nitrogens with two attached hydrogens (primary N) is 1. The molecule has 0 saturated carbocycles. The van der Waals surface area contributed by atoms with Crippen molar-refractivity contribution in [3.8, 4) is 0 Å². The third-order valence-electron chi connectivity index (χ3n) is 2.87. The molecule has 0 saturated heterocycles. The average molecular weight is 397 g/mol. The van der Waals surface area contributed by atoms with Crippen molar-refractivity contribution in [2.24, 2.45) is 11.8 Å². The van der Waals surface area contributed by atoms with E-state index in [2.05, 4.69) is 76.0 Å². The summed E-state index contributed by atoms with van der Waals surface area (Å²) in [4.78, 5) is 0. The molecule has 0 aromatic heterocycles. The minimum Gasteiger partial charge on any atom is -0.271 e. The summed E-state index contributed by atoms with van der Waals surface area (Å²) < 4.78 is 2.36. The number of hydrogen-bond donors (Lipinski definition) is 2. The van der Waals surface area contributed by atoms with E-state index in [9.17, 15) is 0 Å². The van der Waals surface area contributed by atoms with Crippen LogP contribution in [0.4, 0.5) is 0 Å². The molecule has 0 aliphatic heterocycles. The Hall–Kier alpha value is 0.350. The van der Waals surface area contributed by atoms with E-state index in [1.165, 1.54) is 15.6 Å². The molecule has 0 bridgehead atoms. The predicted octanol–water partition coefficient (Wildman–Crippen LogP) is 3.99. The number of rotatable bonds is 5. The Bertz CT molecular complexity index is 344. The molecule has 3 N–H and O–H groups in total. The lowest BCUT2D eigenvalue weighted by molar-refractivity contribution is 0.406. The number of nitrogens with one attached hydrogen (secondary N) is 1. The van der Waals surface area contributed by atoms with Gasteiger partial charge < -0.3 is 0 Å². The van der Waals surface area contributed by atoms with Crippen LogP contribution in [-0.2, 0) is 0 Å². The molecule has 4 heteroatoms. The van der Waals surface area contributed by atoms with Crippen molar-refractivity contribution >= 4 is 38.5 Å². The van der Waals surface area contributed by atoms with Crippen LogP contribution in [0.25, 0.3) is 0 Å². The smallest absolute Gasteiger partial charge is 0.0473 e. The van der Waals surface area contributed by atoms with Crippen molar-refractivity contribution in [1.29, 1.82) is 0 Å². The molecule has 0 radical (unpaired) electrons. The maximum Gasteiger partial charge on any atom is 0.0473 e. The zero-order valence-corrected chi connectivity index (χ0v) is 13.4. The highest BCUT2D eigenvalue weighted by atomic mass is 127. The summed E-state index contributed by atoms with van der Waals surface area (Å²) >= 11 is 5.86. The molecule has 0 amide bonds. The first-order valence-corrected chi connectivity index (χ1v) is 7.36. The van der Waals surface area contributed by atoms with E-state index < -0.39 is 0 Å². The van der Waals surface area contributed by atoms with Crippen molar-refractivity contribution in [1.82, 2.24) is 5.43 Å². The molecule has 2 atom stereocenters. The van der Waals surface area contributed by atoms with Crippen LogP contribution in [0.15, 0.2) is 22.7 Å². The molecule has 16 heavy (non-hydrogen) atoms. The van der Waals surface area contributed by atoms with Crippen LogP contribution in [0, 0.1) is 9.49 Å². The molecule has 1 aromatic rings. The molecule has 2 unspecified atom stereocenters. The Morgan fingerprint density at radius 1 is 1.50 bits per heavy atom. The van der Waals surface area contributed by atoms with Crippen LogP contribution >= 0.6 is 38.5 Å². The number of halogens is 2. The Balaban J connectivity index is 2.89. The maximum absolute atomic E-state index is 5.66. The summed E-state index contributed by atoms with van der Waals surface area (Å²) in [6.07, 6.45) is 2.25. The quantitative estimate of drug-likeness (QED) is 0.448. The maximum atomic E-state index is 5.66. The monoisotopic (exact) mass is 396 g/mol. The molecular formula is C12H18BrIN2. The summed E-state index contributed by atoms with van der Waals surface area (Å²) in [7, 11) is 0. The van der Waals surface area contributed by atoms with E-state index in [0.717, 1.165) is 10.9 Å². The Morgan fingerprint density at radius 3 is 2.75 bits per heavy atom. The van der Waals surface area contributed by atoms with Crippen LogP contribution in [0.1, 0.15) is 38.3 Å². The fourth-order valence-corrected chi connectivity index (χ4v) is 2.73. The third kappa shape index (κ3) is 3.98. The largest absolute Gasteiger partial charge is 0.271 e. The number of hydrazine groups is 1. The normalized spacial score (nSPS) is 14.8. The standard InChI is InChI=1S/C12H18BrIN2/c1-3-8(2)6-12(16-15)10-7-9(13)4-5-11(10)14/h4-5,7-8,12,16H,3,6,15H2,1-2H3. The Kier molecular flexibility index (Phi) is 6.25. The summed E-state index contributed by atoms with van der Waals surface area (Å²) in [6.45, 7) is 4.47. The summed E-state index contributed by atoms with van der Waals surface area (Å²) in [5.74, 6) is 6.33. The van der Waals surface area contributed by atoms with E-state index in [0.29, 0.717) is 5.92 Å². The highest BCUT2D eigenvalue weighted by Gasteiger charge is 2.15. The highest BCUT2D eigenvalue weighted by Crippen LogP contribution is 2.28. The average Bonchev–Trinajstić information content (AvgIpc) is 2.29. The molecule has 0 aliphatic carbocycles. The lowest BCUT2D eigenvalue weighted by Gasteiger charge is -2.21. The summed E-state index contributed by atoms with van der Waals surface area (Å²) in [6, 6.07) is 6.55. The van der Waals surface area contributed by atoms with E-state index in [4.69, 9.17) is 5.84 Å². The molecule has 1 aromatic carbocycles. The first-order chi connectivity index (χ1) is 7.58. The van der Waals surface area contributed by atoms with Gasteiger partial charge in [-0.2, -0.15) is 0 Å². The van der Waals surface area contributed by atoms with Gasteiger partial charge in [0.15, 0.2) is 0 Å². The fourth-order valence-electron chi connectivity index (χ4n) is 1.64. The van der Waals surface area contributed by atoms with Gasteiger partial charge in [-0.05, 0) is 58.7 Å². The van der Waals surface area contributed by atoms with Gasteiger partial charge in [-0.3, -0.25) is 11.3 Å². The van der Waals surface area contributed by atoms with E-state index in [1.54, 1.807) is 0 Å². The van der Waals surface area contributed by atoms with Crippen LogP contribution in [0.5, 0.6) is 0 Å². The van der Waals surface area contributed by atoms with Crippen LogP contribution in [-0.4, -0.2) is 0 Å². The van der Waals surface area contributed by atoms with Gasteiger partial charge in [0.2, 0.25) is 0 Å². The van der Waals surface area contributed by atoms with E-state index >= 15 is 0 Å². The fraction of sp³-hybridized carbons (Fsp3) is 0.500. The van der Waals surface area contributed by atoms with Gasteiger partial charge in [-0.15, -0.1) is 0 Å². The second-order valence-corrected chi connectivity index (χ2v) is 6.21. The van der Waals surface area contributed by atoms with Gasteiger partial charge in [-0.1, -0.05) is 36.2 Å². The van der Waals surface area contributed by atoms with Gasteiger partial charge >= 0.3 is 0 Å². The Labute approximate surface area is 120 Å². The van der Waals surface area contributed by atoms with Crippen molar-refractivity contribution in [2.75, 3.05) is 0 Å². The molecule has 1 rings (SSSR count). The third-order valence-corrected chi connectivity index (χ3v) is 4.35. The van der Waals surface area contributed by atoms with Crippen molar-refractivity contribution in [2.45, 2.75) is 32.7 Å². The molecule has 0 spiro atoms. The lowest BCUT2D eigenvalue weighted by Crippen LogP contribution is -2.29. The SMILES string of the molecule is CCC(C)CC(NN)c1cc(Br)ccc1I. The molecule has 0 heterocycles. The first-order valence-electron chi connectivity index (χ1n) is 5.49. The molecule has 90 valence electrons. The zero-order valence-electron chi connectivity index (χ0n) is 9.63. The van der Waals surface area contributed by atoms with Crippen LogP contribution < -0.4 is 11.3 Å². The number of benzene rings is 1. The van der Waals surface area contributed by atoms with Gasteiger partial charge in [0, 0.05) is 14.1 Å². The topological polar surface area (TPSA) is 38.0 Å². The summed E-state index contributed by atoms with van der Waals surface area (Å²) in [5.41, 5.74) is 4.20. The van der Waals surface area contributed by atoms with Gasteiger partial charge in [0.05, 0.1) is 0 Å². The second-order valence-electron chi connectivity index (χ2n) is 4.13. The highest BCUT2D eigenvalue weighted by molar-refractivity contribution is 14.1. The minimum absolute atomic E-state index is 0.236. The van der Waals surface area contributed by atoms with Crippen molar-refractivity contribution < 1.29 is 0 Å². The second kappa shape index (κ2) is 6.93. The van der Waals surface area contributed by atoms with Gasteiger partial charge in [0.25, 0.3) is 0 Å². The van der Waals surface area contributed by atoms with Crippen LogP contribution in [0.2, 0.25) is 0 Å². The molecule has 0 aliphatic rings. The predicted molar refractivity (Wildman–Crippen MR) is 81.0 cm³/mol. The minimum atomic E-state index is 0.236. The Morgan fingerprint density at radius 2 is 2.19 bits per heavy atom. The van der Waals surface area contributed by atoms with Crippen molar-refractivity contribution in [3.05, 3.63) is 31.8 Å². The van der Waals surface area contributed by atoms with Crippen molar-refractivity contribution in [3.63, 3.8) is 0 Å². The zero-order chi connectivity index (χ0) is 12.1. The van der Waals surface area contributed by atoms with Gasteiger partial charge in [0.1, 0.15) is 0 Å². The van der Waals surface area contributed by atoms with E-state index in [1.807, 2.05) is 0 Å². The van der Waals surface area contributed by atoms with Crippen LogP contribution in [0.3, 0.4) is 0 Å². The number of hydrogen-bond acceptors (Lipinski definition) is 2. The molecule has 0 fully saturated rings. The van der Waals surface area contributed by atoms with E-state index in [-0.39, 0.29) is 6.04 Å². The van der Waals surface area contributed by atoms with Gasteiger partial charge in [-0.25, -0.2) is 0 Å². The molecule has 2 nitrogen and oxygen atoms in total. The molecular weight excluding hydrogens is 379 g/mol. The lowest BCUT2D eigenvalue weighted by atomic mass is 9.95.